The number of aryl methyl sites for hydroxylation is 1. The number of rotatable bonds is 5. The molecule has 2 N–H and O–H groups in total. The molecule has 0 spiro atoms. The predicted molar refractivity (Wildman–Crippen MR) is 62.8 cm³/mol. The molecule has 4 nitrogen and oxygen atoms in total. The van der Waals surface area contributed by atoms with Crippen LogP contribution >= 0.6 is 15.9 Å². The first-order chi connectivity index (χ1) is 7.10. The molecule has 0 bridgehead atoms. The number of nitrogens with two attached hydrogens (primary N) is 1. The van der Waals surface area contributed by atoms with Gasteiger partial charge in [0.25, 0.3) is 0 Å². The molecule has 1 aromatic rings. The van der Waals surface area contributed by atoms with Crippen LogP contribution in [0.15, 0.2) is 10.7 Å². The van der Waals surface area contributed by atoms with Gasteiger partial charge >= 0.3 is 0 Å². The van der Waals surface area contributed by atoms with Crippen molar-refractivity contribution in [1.29, 1.82) is 0 Å². The summed E-state index contributed by atoms with van der Waals surface area (Å²) in [5.41, 5.74) is 6.38. The minimum Gasteiger partial charge on any atom is -0.327 e. The Morgan fingerprint density at radius 1 is 1.67 bits per heavy atom. The fraction of sp³-hybridized carbons (Fsp3) is 0.600. The maximum absolute atomic E-state index is 11.9. The van der Waals surface area contributed by atoms with Crippen LogP contribution in [0.2, 0.25) is 0 Å². The molecule has 84 valence electrons. The van der Waals surface area contributed by atoms with Gasteiger partial charge in [-0.05, 0) is 29.3 Å². The van der Waals surface area contributed by atoms with Crippen LogP contribution < -0.4 is 5.73 Å². The summed E-state index contributed by atoms with van der Waals surface area (Å²) in [6.07, 6.45) is 2.83. The van der Waals surface area contributed by atoms with Gasteiger partial charge in [-0.2, -0.15) is 5.10 Å². The molecule has 15 heavy (non-hydrogen) atoms. The van der Waals surface area contributed by atoms with Gasteiger partial charge in [0.1, 0.15) is 5.69 Å². The first-order valence-corrected chi connectivity index (χ1v) is 5.89. The van der Waals surface area contributed by atoms with Crippen LogP contribution in [0.25, 0.3) is 0 Å². The zero-order chi connectivity index (χ0) is 11.4. The second-order valence-electron chi connectivity index (χ2n) is 3.45. The van der Waals surface area contributed by atoms with E-state index in [0.717, 1.165) is 10.9 Å². The van der Waals surface area contributed by atoms with Crippen molar-refractivity contribution < 1.29 is 4.79 Å². The average Bonchev–Trinajstić information content (AvgIpc) is 2.59. The Kier molecular flexibility index (Phi) is 4.47. The van der Waals surface area contributed by atoms with Crippen molar-refractivity contribution in [2.75, 3.05) is 0 Å². The van der Waals surface area contributed by atoms with Gasteiger partial charge in [0.05, 0.1) is 10.7 Å². The topological polar surface area (TPSA) is 60.9 Å². The molecule has 0 amide bonds. The van der Waals surface area contributed by atoms with Crippen LogP contribution in [-0.2, 0) is 6.54 Å². The SMILES string of the molecule is CCC(N)CC(=O)c1c(Br)cnn1CC. The zero-order valence-corrected chi connectivity index (χ0v) is 10.6. The lowest BCUT2D eigenvalue weighted by molar-refractivity contribution is 0.0962. The van der Waals surface area contributed by atoms with Gasteiger partial charge in [-0.3, -0.25) is 9.48 Å². The monoisotopic (exact) mass is 273 g/mol. The summed E-state index contributed by atoms with van der Waals surface area (Å²) in [6, 6.07) is -0.0652. The third-order valence-corrected chi connectivity index (χ3v) is 2.91. The summed E-state index contributed by atoms with van der Waals surface area (Å²) in [5, 5.41) is 4.10. The van der Waals surface area contributed by atoms with Gasteiger partial charge in [0.2, 0.25) is 0 Å². The lowest BCUT2D eigenvalue weighted by Gasteiger charge is -2.08. The lowest BCUT2D eigenvalue weighted by Crippen LogP contribution is -2.24. The lowest BCUT2D eigenvalue weighted by atomic mass is 10.1. The largest absolute Gasteiger partial charge is 0.327 e. The van der Waals surface area contributed by atoms with Gasteiger partial charge in [-0.25, -0.2) is 0 Å². The van der Waals surface area contributed by atoms with Crippen LogP contribution in [-0.4, -0.2) is 21.6 Å². The van der Waals surface area contributed by atoms with E-state index in [-0.39, 0.29) is 11.8 Å². The molecule has 0 radical (unpaired) electrons. The zero-order valence-electron chi connectivity index (χ0n) is 9.03. The number of aromatic nitrogens is 2. The maximum atomic E-state index is 11.9. The van der Waals surface area contributed by atoms with Crippen molar-refractivity contribution in [2.45, 2.75) is 39.3 Å². The average molecular weight is 274 g/mol. The number of ketones is 1. The molecule has 0 aliphatic carbocycles. The molecule has 1 heterocycles. The Morgan fingerprint density at radius 2 is 2.33 bits per heavy atom. The van der Waals surface area contributed by atoms with Crippen LogP contribution in [0.4, 0.5) is 0 Å². The summed E-state index contributed by atoms with van der Waals surface area (Å²) < 4.78 is 2.44. The van der Waals surface area contributed by atoms with E-state index in [1.54, 1.807) is 10.9 Å². The molecule has 0 saturated carbocycles. The summed E-state index contributed by atoms with van der Waals surface area (Å²) in [7, 11) is 0. The van der Waals surface area contributed by atoms with Crippen molar-refractivity contribution in [2.24, 2.45) is 5.73 Å². The number of halogens is 1. The number of carbonyl (C=O) groups excluding carboxylic acids is 1. The highest BCUT2D eigenvalue weighted by atomic mass is 79.9. The maximum Gasteiger partial charge on any atom is 0.183 e. The number of carbonyl (C=O) groups is 1. The minimum atomic E-state index is -0.0652. The van der Waals surface area contributed by atoms with Crippen molar-refractivity contribution >= 4 is 21.7 Å². The third kappa shape index (κ3) is 2.89. The standard InChI is InChI=1S/C10H16BrN3O/c1-3-7(12)5-9(15)10-8(11)6-13-14(10)4-2/h6-7H,3-5,12H2,1-2H3. The predicted octanol–water partition coefficient (Wildman–Crippen LogP) is 1.98. The van der Waals surface area contributed by atoms with Crippen LogP contribution in [0.3, 0.4) is 0 Å². The molecule has 0 aromatic carbocycles. The molecular weight excluding hydrogens is 258 g/mol. The highest BCUT2D eigenvalue weighted by molar-refractivity contribution is 9.10. The molecule has 0 aliphatic heterocycles. The Hall–Kier alpha value is -0.680. The Labute approximate surface area is 98.0 Å². The minimum absolute atomic E-state index is 0.0515. The van der Waals surface area contributed by atoms with Crippen molar-refractivity contribution in [3.05, 3.63) is 16.4 Å². The molecule has 1 rings (SSSR count). The van der Waals surface area contributed by atoms with E-state index in [0.29, 0.717) is 18.7 Å². The van der Waals surface area contributed by atoms with Crippen molar-refractivity contribution in [3.63, 3.8) is 0 Å². The summed E-state index contributed by atoms with van der Waals surface area (Å²) in [5.74, 6) is 0.0515. The fourth-order valence-corrected chi connectivity index (χ4v) is 1.88. The second-order valence-corrected chi connectivity index (χ2v) is 4.31. The highest BCUT2D eigenvalue weighted by Gasteiger charge is 2.18. The van der Waals surface area contributed by atoms with Crippen LogP contribution in [0.5, 0.6) is 0 Å². The van der Waals surface area contributed by atoms with Gasteiger partial charge in [-0.15, -0.1) is 0 Å². The Morgan fingerprint density at radius 3 is 2.87 bits per heavy atom. The van der Waals surface area contributed by atoms with Crippen LogP contribution in [0, 0.1) is 0 Å². The molecule has 1 aromatic heterocycles. The van der Waals surface area contributed by atoms with E-state index in [1.807, 2.05) is 13.8 Å². The summed E-state index contributed by atoms with van der Waals surface area (Å²) in [4.78, 5) is 11.9. The molecule has 0 saturated heterocycles. The summed E-state index contributed by atoms with van der Waals surface area (Å²) in [6.45, 7) is 4.62. The number of nitrogens with zero attached hydrogens (tertiary/aromatic N) is 2. The number of hydrogen-bond donors (Lipinski definition) is 1. The van der Waals surface area contributed by atoms with Gasteiger partial charge < -0.3 is 5.73 Å². The highest BCUT2D eigenvalue weighted by Crippen LogP contribution is 2.18. The normalized spacial score (nSPS) is 12.8. The first-order valence-electron chi connectivity index (χ1n) is 5.10. The molecule has 0 aliphatic rings. The molecular formula is C10H16BrN3O. The van der Waals surface area contributed by atoms with Gasteiger partial charge in [-0.1, -0.05) is 6.92 Å². The quantitative estimate of drug-likeness (QED) is 0.835. The summed E-state index contributed by atoms with van der Waals surface area (Å²) >= 11 is 3.33. The van der Waals surface area contributed by atoms with E-state index in [1.165, 1.54) is 0 Å². The number of hydrogen-bond acceptors (Lipinski definition) is 3. The van der Waals surface area contributed by atoms with Gasteiger partial charge in [0, 0.05) is 19.0 Å². The van der Waals surface area contributed by atoms with Crippen molar-refractivity contribution in [3.8, 4) is 0 Å². The van der Waals surface area contributed by atoms with Crippen molar-refractivity contribution in [1.82, 2.24) is 9.78 Å². The Bertz CT molecular complexity index is 348. The second kappa shape index (κ2) is 5.42. The first kappa shape index (κ1) is 12.4. The van der Waals surface area contributed by atoms with E-state index < -0.39 is 0 Å². The van der Waals surface area contributed by atoms with Crippen LogP contribution in [0.1, 0.15) is 37.2 Å². The van der Waals surface area contributed by atoms with E-state index in [9.17, 15) is 4.79 Å². The fourth-order valence-electron chi connectivity index (χ4n) is 1.36. The molecule has 1 atom stereocenters. The van der Waals surface area contributed by atoms with E-state index in [4.69, 9.17) is 5.73 Å². The third-order valence-electron chi connectivity index (χ3n) is 2.33. The molecule has 0 fully saturated rings. The van der Waals surface area contributed by atoms with Gasteiger partial charge in [0.15, 0.2) is 5.78 Å². The Balaban J connectivity index is 2.85. The van der Waals surface area contributed by atoms with E-state index in [2.05, 4.69) is 21.0 Å². The number of Topliss-reactive ketones (excluding diaryl/α,β-unsaturated/α-hetero) is 1. The van der Waals surface area contributed by atoms with E-state index >= 15 is 0 Å². The smallest absolute Gasteiger partial charge is 0.183 e. The molecule has 1 unspecified atom stereocenters. The molecule has 5 heteroatoms.